The molecule has 0 aromatic heterocycles. The van der Waals surface area contributed by atoms with E-state index in [2.05, 4.69) is 26.6 Å². The van der Waals surface area contributed by atoms with Gasteiger partial charge in [0.2, 0.25) is 41.4 Å². The van der Waals surface area contributed by atoms with Gasteiger partial charge in [-0.15, -0.1) is 0 Å². The number of benzene rings is 3. The lowest BCUT2D eigenvalue weighted by Gasteiger charge is -2.33. The molecule has 3 aliphatic rings. The maximum atomic E-state index is 14.7. The van der Waals surface area contributed by atoms with Crippen molar-refractivity contribution in [3.63, 3.8) is 0 Å². The largest absolute Gasteiger partial charge is 0.342 e. The third-order valence-corrected chi connectivity index (χ3v) is 13.0. The van der Waals surface area contributed by atoms with Gasteiger partial charge >= 0.3 is 0 Å². The van der Waals surface area contributed by atoms with Gasteiger partial charge in [-0.1, -0.05) is 132 Å². The Balaban J connectivity index is 1.42. The number of fused-ring (bicyclic) bond motifs is 2. The number of nitrogens with one attached hydrogen (secondary N) is 5. The summed E-state index contributed by atoms with van der Waals surface area (Å²) in [7, 11) is 0. The van der Waals surface area contributed by atoms with Crippen LogP contribution in [0.5, 0.6) is 0 Å². The van der Waals surface area contributed by atoms with Crippen LogP contribution >= 0.6 is 0 Å². The van der Waals surface area contributed by atoms with Crippen molar-refractivity contribution < 1.29 is 33.6 Å². The Morgan fingerprint density at radius 2 is 0.794 bits per heavy atom. The summed E-state index contributed by atoms with van der Waals surface area (Å²) >= 11 is 0. The van der Waals surface area contributed by atoms with Gasteiger partial charge in [0, 0.05) is 32.4 Å². The minimum Gasteiger partial charge on any atom is -0.342 e. The maximum absolute atomic E-state index is 14.7. The van der Waals surface area contributed by atoms with E-state index in [0.717, 1.165) is 16.7 Å². The molecule has 3 fully saturated rings. The van der Waals surface area contributed by atoms with E-state index in [-0.39, 0.29) is 44.2 Å². The molecule has 3 aromatic carbocycles. The number of carbonyl (C=O) groups excluding carboxylic acids is 7. The first kappa shape index (κ1) is 46.5. The Morgan fingerprint density at radius 3 is 1.16 bits per heavy atom. The highest BCUT2D eigenvalue weighted by molar-refractivity contribution is 5.99. The molecule has 0 saturated carbocycles. The second kappa shape index (κ2) is 21.8. The Hall–Kier alpha value is -6.05. The molecule has 63 heavy (non-hydrogen) atoms. The molecule has 0 bridgehead atoms. The molecule has 14 nitrogen and oxygen atoms in total. The Morgan fingerprint density at radius 1 is 0.460 bits per heavy atom. The van der Waals surface area contributed by atoms with Gasteiger partial charge < -0.3 is 36.4 Å². The fraction of sp³-hybridized carbons (Fsp3) is 0.490. The lowest BCUT2D eigenvalue weighted by molar-refractivity contribution is -0.143. The monoisotopic (exact) mass is 861 g/mol. The van der Waals surface area contributed by atoms with E-state index in [9.17, 15) is 33.6 Å². The molecule has 3 aromatic rings. The SMILES string of the molecule is CC[C@@H](C)[C@@H]1NC(=O)[C@@H]2CCCN2C(=O)[C@H](Cc2ccccc2)NC(=O)[C@H](Cc2ccccc2)NC(=O)[C@H]([C@@H](C)CC)NC(=O)[C@@H]2CCCN2C(=O)[C@H](Cc2ccccc2)NC1=O. The van der Waals surface area contributed by atoms with Crippen LogP contribution in [0.2, 0.25) is 0 Å². The molecule has 6 rings (SSSR count). The minimum absolute atomic E-state index is 0.0896. The second-order valence-corrected chi connectivity index (χ2v) is 17.4. The standard InChI is InChI=1S/C49H63N7O7/c1-5-31(3)41-46(60)50-36(28-33-18-10-7-11-19-33)43(57)51-37(29-34-20-12-8-13-21-34)48(62)55-26-16-24-39(55)45(59)54-42(32(4)6-2)47(61)52-38(30-35-22-14-9-15-23-35)49(63)56-27-17-25-40(56)44(58)53-41/h7-15,18-23,31-32,36-42H,5-6,16-17,24-30H2,1-4H3,(H,50,60)(H,51,57)(H,52,61)(H,53,58)(H,54,59)/t31-,32+,36-,37-,38-,39-,40-,41-,42-/m0/s1. The highest BCUT2D eigenvalue weighted by Gasteiger charge is 2.43. The van der Waals surface area contributed by atoms with E-state index in [1.165, 1.54) is 9.80 Å². The number of hydrogen-bond acceptors (Lipinski definition) is 7. The highest BCUT2D eigenvalue weighted by atomic mass is 16.2. The molecule has 7 amide bonds. The van der Waals surface area contributed by atoms with Crippen LogP contribution in [0.3, 0.4) is 0 Å². The zero-order valence-electron chi connectivity index (χ0n) is 36.9. The Bertz CT molecular complexity index is 2070. The predicted molar refractivity (Wildman–Crippen MR) is 238 cm³/mol. The molecule has 0 radical (unpaired) electrons. The van der Waals surface area contributed by atoms with E-state index in [0.29, 0.717) is 38.5 Å². The third kappa shape index (κ3) is 11.7. The van der Waals surface area contributed by atoms with Crippen molar-refractivity contribution in [3.05, 3.63) is 108 Å². The molecular weight excluding hydrogens is 799 g/mol. The molecule has 0 aliphatic carbocycles. The molecule has 3 saturated heterocycles. The fourth-order valence-corrected chi connectivity index (χ4v) is 8.86. The number of rotatable bonds is 10. The van der Waals surface area contributed by atoms with E-state index in [1.807, 2.05) is 119 Å². The molecular formula is C49H63N7O7. The van der Waals surface area contributed by atoms with Gasteiger partial charge in [-0.2, -0.15) is 0 Å². The van der Waals surface area contributed by atoms with Crippen molar-refractivity contribution in [3.8, 4) is 0 Å². The zero-order chi connectivity index (χ0) is 45.0. The van der Waals surface area contributed by atoms with Crippen molar-refractivity contribution in [2.45, 2.75) is 128 Å². The topological polar surface area (TPSA) is 186 Å². The van der Waals surface area contributed by atoms with Crippen molar-refractivity contribution in [1.82, 2.24) is 36.4 Å². The number of nitrogens with zero attached hydrogens (tertiary/aromatic N) is 2. The van der Waals surface area contributed by atoms with E-state index < -0.39 is 83.6 Å². The van der Waals surface area contributed by atoms with Crippen LogP contribution in [0.4, 0.5) is 0 Å². The first-order valence-corrected chi connectivity index (χ1v) is 22.6. The van der Waals surface area contributed by atoms with Crippen LogP contribution in [0.15, 0.2) is 91.0 Å². The van der Waals surface area contributed by atoms with Crippen molar-refractivity contribution in [2.75, 3.05) is 13.1 Å². The third-order valence-electron chi connectivity index (χ3n) is 13.0. The first-order chi connectivity index (χ1) is 30.4. The van der Waals surface area contributed by atoms with E-state index >= 15 is 0 Å². The highest BCUT2D eigenvalue weighted by Crippen LogP contribution is 2.24. The molecule has 3 aliphatic heterocycles. The Labute approximate surface area is 370 Å². The summed E-state index contributed by atoms with van der Waals surface area (Å²) < 4.78 is 0. The van der Waals surface area contributed by atoms with Gasteiger partial charge in [0.25, 0.3) is 0 Å². The summed E-state index contributed by atoms with van der Waals surface area (Å²) in [6, 6.07) is 20.4. The molecule has 336 valence electrons. The summed E-state index contributed by atoms with van der Waals surface area (Å²) in [5, 5.41) is 14.8. The van der Waals surface area contributed by atoms with Crippen LogP contribution in [-0.2, 0) is 52.8 Å². The van der Waals surface area contributed by atoms with Gasteiger partial charge in [0.15, 0.2) is 0 Å². The summed E-state index contributed by atoms with van der Waals surface area (Å²) in [6.07, 6.45) is 3.11. The number of amides is 7. The van der Waals surface area contributed by atoms with Crippen LogP contribution in [0.25, 0.3) is 0 Å². The summed E-state index contributed by atoms with van der Waals surface area (Å²) in [6.45, 7) is 8.01. The molecule has 0 unspecified atom stereocenters. The fourth-order valence-electron chi connectivity index (χ4n) is 8.86. The average molecular weight is 862 g/mol. The van der Waals surface area contributed by atoms with Crippen molar-refractivity contribution in [2.24, 2.45) is 11.8 Å². The van der Waals surface area contributed by atoms with Crippen LogP contribution in [0.1, 0.15) is 82.9 Å². The minimum atomic E-state index is -1.15. The van der Waals surface area contributed by atoms with Gasteiger partial charge in [-0.25, -0.2) is 0 Å². The summed E-state index contributed by atoms with van der Waals surface area (Å²) in [4.78, 5) is 104. The normalized spacial score (nSPS) is 26.5. The summed E-state index contributed by atoms with van der Waals surface area (Å²) in [5.41, 5.74) is 2.33. The lowest BCUT2D eigenvalue weighted by atomic mass is 9.96. The van der Waals surface area contributed by atoms with Gasteiger partial charge in [0.05, 0.1) is 0 Å². The molecule has 5 N–H and O–H groups in total. The lowest BCUT2D eigenvalue weighted by Crippen LogP contribution is -2.61. The van der Waals surface area contributed by atoms with Gasteiger partial charge in [-0.05, 0) is 54.2 Å². The van der Waals surface area contributed by atoms with Crippen LogP contribution < -0.4 is 26.6 Å². The van der Waals surface area contributed by atoms with Gasteiger partial charge in [-0.3, -0.25) is 33.6 Å². The second-order valence-electron chi connectivity index (χ2n) is 17.4. The van der Waals surface area contributed by atoms with E-state index in [1.54, 1.807) is 0 Å². The smallest absolute Gasteiger partial charge is 0.246 e. The molecule has 0 spiro atoms. The maximum Gasteiger partial charge on any atom is 0.246 e. The molecule has 14 heteroatoms. The first-order valence-electron chi connectivity index (χ1n) is 22.6. The predicted octanol–water partition coefficient (Wildman–Crippen LogP) is 3.23. The van der Waals surface area contributed by atoms with Crippen LogP contribution in [-0.4, -0.2) is 107 Å². The Kier molecular flexibility index (Phi) is 16.1. The van der Waals surface area contributed by atoms with Crippen LogP contribution in [0, 0.1) is 11.8 Å². The van der Waals surface area contributed by atoms with E-state index in [4.69, 9.17) is 0 Å². The average Bonchev–Trinajstić information content (AvgIpc) is 4.00. The molecule has 3 heterocycles. The quantitative estimate of drug-likeness (QED) is 0.207. The number of hydrogen-bond donors (Lipinski definition) is 5. The van der Waals surface area contributed by atoms with Gasteiger partial charge in [0.1, 0.15) is 42.3 Å². The molecule has 9 atom stereocenters. The van der Waals surface area contributed by atoms with Crippen molar-refractivity contribution >= 4 is 41.4 Å². The van der Waals surface area contributed by atoms with Crippen molar-refractivity contribution in [1.29, 1.82) is 0 Å². The zero-order valence-corrected chi connectivity index (χ0v) is 36.9. The summed E-state index contributed by atoms with van der Waals surface area (Å²) in [5.74, 6) is -4.40. The number of carbonyl (C=O) groups is 7.